The Bertz CT molecular complexity index is 617. The number of carboxylic acid groups (broad SMARTS) is 1. The minimum atomic E-state index is -1.38. The Hall–Kier alpha value is -2.56. The third-order valence-corrected chi connectivity index (χ3v) is 2.30. The van der Waals surface area contributed by atoms with Crippen LogP contribution in [0.1, 0.15) is 24.3 Å². The molecule has 100 valence electrons. The Labute approximate surface area is 110 Å². The molecule has 0 unspecified atom stereocenters. The third kappa shape index (κ3) is 3.22. The third-order valence-electron chi connectivity index (χ3n) is 2.30. The minimum Gasteiger partial charge on any atom is -0.502 e. The number of aromatic carboxylic acids is 1. The maximum Gasteiger partial charge on any atom is 0.356 e. The first-order valence-corrected chi connectivity index (χ1v) is 5.84. The quantitative estimate of drug-likeness (QED) is 0.774. The van der Waals surface area contributed by atoms with Gasteiger partial charge in [0.2, 0.25) is 5.43 Å². The molecule has 2 rings (SSSR count). The molecule has 0 aliphatic carbocycles. The molecule has 1 aromatic carbocycles. The van der Waals surface area contributed by atoms with Crippen LogP contribution in [-0.2, 0) is 0 Å². The van der Waals surface area contributed by atoms with Crippen LogP contribution in [0.2, 0.25) is 0 Å². The Kier molecular flexibility index (Phi) is 4.88. The first-order valence-electron chi connectivity index (χ1n) is 5.84. The van der Waals surface area contributed by atoms with Crippen LogP contribution in [-0.4, -0.2) is 21.2 Å². The molecule has 2 aromatic rings. The van der Waals surface area contributed by atoms with Crippen molar-refractivity contribution in [2.75, 3.05) is 0 Å². The van der Waals surface area contributed by atoms with E-state index >= 15 is 0 Å². The molecule has 0 bridgehead atoms. The first-order chi connectivity index (χ1) is 9.09. The van der Waals surface area contributed by atoms with Crippen molar-refractivity contribution in [3.8, 4) is 17.0 Å². The number of benzene rings is 1. The van der Waals surface area contributed by atoms with Gasteiger partial charge in [0, 0.05) is 6.07 Å². The summed E-state index contributed by atoms with van der Waals surface area (Å²) in [5, 5.41) is 18.1. The Morgan fingerprint density at radius 1 is 1.16 bits per heavy atom. The Morgan fingerprint density at radius 3 is 2.26 bits per heavy atom. The van der Waals surface area contributed by atoms with Gasteiger partial charge in [-0.25, -0.2) is 4.79 Å². The fourth-order valence-corrected chi connectivity index (χ4v) is 1.48. The summed E-state index contributed by atoms with van der Waals surface area (Å²) >= 11 is 0. The lowest BCUT2D eigenvalue weighted by Gasteiger charge is -2.04. The number of hydrogen-bond acceptors (Lipinski definition) is 3. The molecule has 0 aliphatic rings. The monoisotopic (exact) mass is 261 g/mol. The number of H-pyrrole nitrogens is 1. The van der Waals surface area contributed by atoms with E-state index in [0.29, 0.717) is 11.3 Å². The maximum atomic E-state index is 11.4. The topological polar surface area (TPSA) is 90.4 Å². The van der Waals surface area contributed by atoms with Gasteiger partial charge in [-0.1, -0.05) is 44.2 Å². The molecular weight excluding hydrogens is 246 g/mol. The summed E-state index contributed by atoms with van der Waals surface area (Å²) in [6.07, 6.45) is 0. The van der Waals surface area contributed by atoms with E-state index < -0.39 is 22.8 Å². The van der Waals surface area contributed by atoms with Gasteiger partial charge in [0.25, 0.3) is 0 Å². The van der Waals surface area contributed by atoms with Gasteiger partial charge in [0.05, 0.1) is 5.69 Å². The van der Waals surface area contributed by atoms with E-state index in [4.69, 9.17) is 5.11 Å². The fourth-order valence-electron chi connectivity index (χ4n) is 1.48. The van der Waals surface area contributed by atoms with Crippen molar-refractivity contribution < 1.29 is 15.0 Å². The Balaban J connectivity index is 0.000000861. The number of aromatic nitrogens is 1. The van der Waals surface area contributed by atoms with Crippen molar-refractivity contribution in [2.24, 2.45) is 0 Å². The van der Waals surface area contributed by atoms with Crippen LogP contribution < -0.4 is 5.43 Å². The number of aromatic amines is 1. The first kappa shape index (κ1) is 14.5. The minimum absolute atomic E-state index is 0.353. The van der Waals surface area contributed by atoms with Gasteiger partial charge < -0.3 is 15.2 Å². The molecule has 0 spiro atoms. The molecule has 0 radical (unpaired) electrons. The lowest BCUT2D eigenvalue weighted by atomic mass is 10.1. The number of hydrogen-bond donors (Lipinski definition) is 3. The standard InChI is InChI=1S/C12H9NO4.C2H6/c14-9-6-8(7-4-2-1-3-5-7)13-10(11(9)15)12(16)17;1-2/h1-6,15H,(H,13,14)(H,16,17);1-2H3. The molecule has 0 aliphatic heterocycles. The number of nitrogens with one attached hydrogen (secondary N) is 1. The molecule has 19 heavy (non-hydrogen) atoms. The van der Waals surface area contributed by atoms with Crippen LogP contribution in [0.4, 0.5) is 0 Å². The van der Waals surface area contributed by atoms with Gasteiger partial charge in [-0.05, 0) is 5.56 Å². The molecule has 0 saturated heterocycles. The van der Waals surface area contributed by atoms with Crippen LogP contribution in [0.25, 0.3) is 11.3 Å². The normalized spacial score (nSPS) is 9.37. The van der Waals surface area contributed by atoms with Crippen LogP contribution in [0.3, 0.4) is 0 Å². The molecular formula is C14H15NO4. The van der Waals surface area contributed by atoms with E-state index in [2.05, 4.69) is 4.98 Å². The number of carbonyl (C=O) groups is 1. The van der Waals surface area contributed by atoms with Gasteiger partial charge in [-0.2, -0.15) is 0 Å². The van der Waals surface area contributed by atoms with Crippen LogP contribution in [0.5, 0.6) is 5.75 Å². The number of aromatic hydroxyl groups is 1. The summed E-state index contributed by atoms with van der Waals surface area (Å²) in [5.41, 5.74) is -0.200. The van der Waals surface area contributed by atoms with Crippen molar-refractivity contribution in [3.63, 3.8) is 0 Å². The average Bonchev–Trinajstić information content (AvgIpc) is 2.44. The molecule has 0 fully saturated rings. The molecule has 0 saturated carbocycles. The summed E-state index contributed by atoms with van der Waals surface area (Å²) in [7, 11) is 0. The largest absolute Gasteiger partial charge is 0.502 e. The maximum absolute atomic E-state index is 11.4. The van der Waals surface area contributed by atoms with Crippen molar-refractivity contribution in [2.45, 2.75) is 13.8 Å². The molecule has 3 N–H and O–H groups in total. The second-order valence-corrected chi connectivity index (χ2v) is 3.44. The molecule has 5 heteroatoms. The summed E-state index contributed by atoms with van der Waals surface area (Å²) < 4.78 is 0. The second kappa shape index (κ2) is 6.39. The summed E-state index contributed by atoms with van der Waals surface area (Å²) in [6.45, 7) is 4.00. The van der Waals surface area contributed by atoms with Crippen LogP contribution in [0, 0.1) is 0 Å². The van der Waals surface area contributed by atoms with E-state index in [-0.39, 0.29) is 0 Å². The van der Waals surface area contributed by atoms with Gasteiger partial charge in [-0.15, -0.1) is 0 Å². The summed E-state index contributed by atoms with van der Waals surface area (Å²) in [4.78, 5) is 24.8. The number of rotatable bonds is 2. The highest BCUT2D eigenvalue weighted by atomic mass is 16.4. The van der Waals surface area contributed by atoms with Gasteiger partial charge >= 0.3 is 5.97 Å². The van der Waals surface area contributed by atoms with Crippen molar-refractivity contribution in [1.29, 1.82) is 0 Å². The summed E-state index contributed by atoms with van der Waals surface area (Å²) in [5.74, 6) is -2.16. The summed E-state index contributed by atoms with van der Waals surface area (Å²) in [6, 6.07) is 9.96. The van der Waals surface area contributed by atoms with Crippen LogP contribution in [0.15, 0.2) is 41.2 Å². The molecule has 5 nitrogen and oxygen atoms in total. The SMILES string of the molecule is CC.O=C(O)c1[nH]c(-c2ccccc2)cc(=O)c1O. The van der Waals surface area contributed by atoms with E-state index in [9.17, 15) is 14.7 Å². The predicted octanol–water partition coefficient (Wildman–Crippen LogP) is 2.47. The average molecular weight is 261 g/mol. The van der Waals surface area contributed by atoms with E-state index in [1.165, 1.54) is 0 Å². The van der Waals surface area contributed by atoms with E-state index in [1.54, 1.807) is 30.3 Å². The van der Waals surface area contributed by atoms with Crippen LogP contribution >= 0.6 is 0 Å². The number of carboxylic acids is 1. The fraction of sp³-hybridized carbons (Fsp3) is 0.143. The van der Waals surface area contributed by atoms with Crippen molar-refractivity contribution in [3.05, 3.63) is 52.3 Å². The second-order valence-electron chi connectivity index (χ2n) is 3.44. The molecule has 0 amide bonds. The van der Waals surface area contributed by atoms with Crippen molar-refractivity contribution in [1.82, 2.24) is 4.98 Å². The molecule has 1 heterocycles. The zero-order valence-corrected chi connectivity index (χ0v) is 10.7. The molecule has 0 atom stereocenters. The zero-order valence-electron chi connectivity index (χ0n) is 10.7. The highest BCUT2D eigenvalue weighted by Crippen LogP contribution is 2.18. The zero-order chi connectivity index (χ0) is 14.4. The highest BCUT2D eigenvalue weighted by Gasteiger charge is 2.15. The van der Waals surface area contributed by atoms with Crippen molar-refractivity contribution >= 4 is 5.97 Å². The number of pyridine rings is 1. The highest BCUT2D eigenvalue weighted by molar-refractivity contribution is 5.89. The van der Waals surface area contributed by atoms with E-state index in [1.807, 2.05) is 13.8 Å². The molecule has 1 aromatic heterocycles. The van der Waals surface area contributed by atoms with Gasteiger partial charge in [-0.3, -0.25) is 4.79 Å². The lowest BCUT2D eigenvalue weighted by molar-refractivity contribution is 0.0687. The predicted molar refractivity (Wildman–Crippen MR) is 72.5 cm³/mol. The van der Waals surface area contributed by atoms with Gasteiger partial charge in [0.15, 0.2) is 11.4 Å². The Morgan fingerprint density at radius 2 is 1.74 bits per heavy atom. The lowest BCUT2D eigenvalue weighted by Crippen LogP contribution is -2.10. The smallest absolute Gasteiger partial charge is 0.356 e. The van der Waals surface area contributed by atoms with E-state index in [0.717, 1.165) is 6.07 Å². The van der Waals surface area contributed by atoms with Gasteiger partial charge in [0.1, 0.15) is 0 Å².